The smallest absolute Gasteiger partial charge is 0.223 e. The molecule has 2 atom stereocenters. The molecule has 0 fully saturated rings. The second-order valence-electron chi connectivity index (χ2n) is 4.76. The average Bonchev–Trinajstić information content (AvgIpc) is 2.40. The van der Waals surface area contributed by atoms with Gasteiger partial charge in [0.1, 0.15) is 0 Å². The molecule has 0 aliphatic heterocycles. The topological polar surface area (TPSA) is 29.1 Å². The summed E-state index contributed by atoms with van der Waals surface area (Å²) >= 11 is 3.41. The van der Waals surface area contributed by atoms with Crippen LogP contribution in [0.3, 0.4) is 0 Å². The highest BCUT2D eigenvalue weighted by Crippen LogP contribution is 2.21. The summed E-state index contributed by atoms with van der Waals surface area (Å²) in [5.41, 5.74) is 1.14. The summed E-state index contributed by atoms with van der Waals surface area (Å²) in [5, 5.41) is 3.10. The van der Waals surface area contributed by atoms with Crippen LogP contribution in [-0.4, -0.2) is 5.91 Å². The summed E-state index contributed by atoms with van der Waals surface area (Å²) < 4.78 is 1.06. The van der Waals surface area contributed by atoms with Gasteiger partial charge in [0.25, 0.3) is 0 Å². The lowest BCUT2D eigenvalue weighted by molar-refractivity contribution is -0.125. The average molecular weight is 308 g/mol. The van der Waals surface area contributed by atoms with Gasteiger partial charge in [-0.3, -0.25) is 4.79 Å². The first-order valence-corrected chi connectivity index (χ1v) is 7.17. The third kappa shape index (κ3) is 3.45. The van der Waals surface area contributed by atoms with Crippen LogP contribution in [0.4, 0.5) is 0 Å². The van der Waals surface area contributed by atoms with E-state index in [1.54, 1.807) is 0 Å². The third-order valence-electron chi connectivity index (χ3n) is 3.37. The Kier molecular flexibility index (Phi) is 4.59. The van der Waals surface area contributed by atoms with E-state index in [0.717, 1.165) is 29.3 Å². The summed E-state index contributed by atoms with van der Waals surface area (Å²) in [6, 6.07) is 8.14. The van der Waals surface area contributed by atoms with E-state index in [9.17, 15) is 4.79 Å². The van der Waals surface area contributed by atoms with Crippen molar-refractivity contribution in [2.24, 2.45) is 5.92 Å². The van der Waals surface area contributed by atoms with Crippen LogP contribution in [0, 0.1) is 5.92 Å². The summed E-state index contributed by atoms with van der Waals surface area (Å²) in [6.45, 7) is 2.03. The molecule has 1 N–H and O–H groups in total. The van der Waals surface area contributed by atoms with Gasteiger partial charge in [0.05, 0.1) is 6.04 Å². The number of hydrogen-bond donors (Lipinski definition) is 1. The van der Waals surface area contributed by atoms with Gasteiger partial charge in [0.2, 0.25) is 5.91 Å². The number of carbonyl (C=O) groups is 1. The van der Waals surface area contributed by atoms with Crippen molar-refractivity contribution in [1.29, 1.82) is 0 Å². The number of hydrogen-bond acceptors (Lipinski definition) is 1. The summed E-state index contributed by atoms with van der Waals surface area (Å²) in [4.78, 5) is 12.1. The van der Waals surface area contributed by atoms with Gasteiger partial charge >= 0.3 is 0 Å². The first kappa shape index (κ1) is 13.3. The van der Waals surface area contributed by atoms with Gasteiger partial charge < -0.3 is 5.32 Å². The molecule has 0 radical (unpaired) electrons. The predicted molar refractivity (Wildman–Crippen MR) is 77.2 cm³/mol. The van der Waals surface area contributed by atoms with Crippen molar-refractivity contribution in [3.8, 4) is 0 Å². The molecule has 18 heavy (non-hydrogen) atoms. The molecule has 0 spiro atoms. The maximum Gasteiger partial charge on any atom is 0.223 e. The number of carbonyl (C=O) groups excluding carboxylic acids is 1. The Morgan fingerprint density at radius 3 is 2.67 bits per heavy atom. The van der Waals surface area contributed by atoms with Crippen LogP contribution in [0.1, 0.15) is 37.8 Å². The maximum atomic E-state index is 12.1. The molecule has 1 aromatic carbocycles. The number of allylic oxidation sites excluding steroid dienone is 2. The van der Waals surface area contributed by atoms with Crippen molar-refractivity contribution < 1.29 is 4.79 Å². The van der Waals surface area contributed by atoms with E-state index < -0.39 is 0 Å². The molecule has 0 saturated heterocycles. The van der Waals surface area contributed by atoms with Crippen molar-refractivity contribution in [3.63, 3.8) is 0 Å². The number of rotatable bonds is 3. The van der Waals surface area contributed by atoms with Crippen molar-refractivity contribution in [3.05, 3.63) is 46.5 Å². The monoisotopic (exact) mass is 307 g/mol. The number of halogens is 1. The van der Waals surface area contributed by atoms with Crippen LogP contribution < -0.4 is 5.32 Å². The first-order chi connectivity index (χ1) is 8.66. The molecule has 2 rings (SSSR count). The van der Waals surface area contributed by atoms with E-state index in [-0.39, 0.29) is 17.9 Å². The molecule has 2 nitrogen and oxygen atoms in total. The Bertz CT molecular complexity index is 438. The minimum Gasteiger partial charge on any atom is -0.349 e. The largest absolute Gasteiger partial charge is 0.349 e. The van der Waals surface area contributed by atoms with Crippen LogP contribution >= 0.6 is 15.9 Å². The third-order valence-corrected chi connectivity index (χ3v) is 3.90. The van der Waals surface area contributed by atoms with E-state index in [1.807, 2.05) is 31.2 Å². The molecule has 96 valence electrons. The first-order valence-electron chi connectivity index (χ1n) is 6.37. The highest BCUT2D eigenvalue weighted by atomic mass is 79.9. The molecule has 1 aliphatic carbocycles. The second-order valence-corrected chi connectivity index (χ2v) is 5.68. The van der Waals surface area contributed by atoms with Crippen molar-refractivity contribution in [2.45, 2.75) is 32.2 Å². The Morgan fingerprint density at radius 1 is 1.33 bits per heavy atom. The normalized spacial score (nSPS) is 20.4. The molecular weight excluding hydrogens is 290 g/mol. The summed E-state index contributed by atoms with van der Waals surface area (Å²) in [5.74, 6) is 0.322. The Hall–Kier alpha value is -1.09. The zero-order valence-corrected chi connectivity index (χ0v) is 12.1. The van der Waals surface area contributed by atoms with Gasteiger partial charge in [0.15, 0.2) is 0 Å². The van der Waals surface area contributed by atoms with Crippen LogP contribution in [-0.2, 0) is 4.79 Å². The van der Waals surface area contributed by atoms with Crippen molar-refractivity contribution in [1.82, 2.24) is 5.32 Å². The van der Waals surface area contributed by atoms with Gasteiger partial charge in [-0.1, -0.05) is 40.2 Å². The van der Waals surface area contributed by atoms with E-state index in [2.05, 4.69) is 33.4 Å². The maximum absolute atomic E-state index is 12.1. The molecule has 0 aromatic heterocycles. The van der Waals surface area contributed by atoms with Crippen LogP contribution in [0.5, 0.6) is 0 Å². The minimum absolute atomic E-state index is 0.0662. The number of amides is 1. The molecule has 1 aliphatic rings. The number of benzene rings is 1. The Labute approximate surface area is 117 Å². The van der Waals surface area contributed by atoms with Gasteiger partial charge in [0, 0.05) is 10.4 Å². The molecule has 0 bridgehead atoms. The van der Waals surface area contributed by atoms with Crippen LogP contribution in [0.2, 0.25) is 0 Å². The lowest BCUT2D eigenvalue weighted by Crippen LogP contribution is -2.33. The highest BCUT2D eigenvalue weighted by molar-refractivity contribution is 9.10. The SMILES string of the molecule is CC(NC(=O)C1CC=CCC1)c1ccc(Br)cc1. The fraction of sp³-hybridized carbons (Fsp3) is 0.400. The second kappa shape index (κ2) is 6.19. The Morgan fingerprint density at radius 2 is 2.06 bits per heavy atom. The van der Waals surface area contributed by atoms with Gasteiger partial charge in [-0.05, 0) is 43.9 Å². The van der Waals surface area contributed by atoms with Crippen molar-refractivity contribution in [2.75, 3.05) is 0 Å². The molecule has 3 heteroatoms. The molecular formula is C15H18BrNO. The standard InChI is InChI=1S/C15H18BrNO/c1-11(12-7-9-14(16)10-8-12)17-15(18)13-5-3-2-4-6-13/h2-3,7-11,13H,4-6H2,1H3,(H,17,18). The number of nitrogens with one attached hydrogen (secondary N) is 1. The molecule has 2 unspecified atom stereocenters. The molecule has 1 aromatic rings. The molecule has 0 heterocycles. The Balaban J connectivity index is 1.94. The lowest BCUT2D eigenvalue weighted by atomic mass is 9.93. The van der Waals surface area contributed by atoms with E-state index >= 15 is 0 Å². The highest BCUT2D eigenvalue weighted by Gasteiger charge is 2.20. The quantitative estimate of drug-likeness (QED) is 0.841. The predicted octanol–water partition coefficient (Wildman–Crippen LogP) is 3.98. The zero-order valence-electron chi connectivity index (χ0n) is 10.5. The van der Waals surface area contributed by atoms with Gasteiger partial charge in [-0.25, -0.2) is 0 Å². The van der Waals surface area contributed by atoms with Crippen LogP contribution in [0.15, 0.2) is 40.9 Å². The molecule has 0 saturated carbocycles. The fourth-order valence-corrected chi connectivity index (χ4v) is 2.46. The van der Waals surface area contributed by atoms with Crippen LogP contribution in [0.25, 0.3) is 0 Å². The summed E-state index contributed by atoms with van der Waals surface area (Å²) in [7, 11) is 0. The van der Waals surface area contributed by atoms with Gasteiger partial charge in [-0.2, -0.15) is 0 Å². The van der Waals surface area contributed by atoms with E-state index in [0.29, 0.717) is 0 Å². The summed E-state index contributed by atoms with van der Waals surface area (Å²) in [6.07, 6.45) is 7.12. The van der Waals surface area contributed by atoms with Gasteiger partial charge in [-0.15, -0.1) is 0 Å². The molecule has 1 amide bonds. The van der Waals surface area contributed by atoms with E-state index in [1.165, 1.54) is 0 Å². The zero-order chi connectivity index (χ0) is 13.0. The van der Waals surface area contributed by atoms with E-state index in [4.69, 9.17) is 0 Å². The lowest BCUT2D eigenvalue weighted by Gasteiger charge is -2.21. The van der Waals surface area contributed by atoms with Crippen molar-refractivity contribution >= 4 is 21.8 Å². The fourth-order valence-electron chi connectivity index (χ4n) is 2.20. The minimum atomic E-state index is 0.0662.